The molecule has 0 saturated carbocycles. The summed E-state index contributed by atoms with van der Waals surface area (Å²) in [5, 5.41) is 1.96. The highest BCUT2D eigenvalue weighted by Gasteiger charge is 2.20. The molecule has 5 nitrogen and oxygen atoms in total. The van der Waals surface area contributed by atoms with Crippen LogP contribution in [0.25, 0.3) is 0 Å². The first kappa shape index (κ1) is 15.3. The minimum Gasteiger partial charge on any atom is -0.467 e. The minimum absolute atomic E-state index is 0.138. The number of H-pyrrole nitrogens is 1. The molecule has 1 amide bonds. The van der Waals surface area contributed by atoms with Gasteiger partial charge in [0.2, 0.25) is 0 Å². The second-order valence-electron chi connectivity index (χ2n) is 5.20. The molecule has 0 aromatic carbocycles. The van der Waals surface area contributed by atoms with Gasteiger partial charge in [-0.25, -0.2) is 0 Å². The Hall–Kier alpha value is -2.60. The minimum atomic E-state index is -0.370. The maximum absolute atomic E-state index is 12.8. The first-order chi connectivity index (χ1) is 11.1. The molecule has 0 unspecified atom stereocenters. The van der Waals surface area contributed by atoms with Crippen LogP contribution in [0.3, 0.4) is 0 Å². The van der Waals surface area contributed by atoms with E-state index in [-0.39, 0.29) is 17.0 Å². The maximum atomic E-state index is 12.8. The Bertz CT molecular complexity index is 799. The van der Waals surface area contributed by atoms with E-state index < -0.39 is 0 Å². The Labute approximate surface area is 137 Å². The van der Waals surface area contributed by atoms with Crippen molar-refractivity contribution in [1.29, 1.82) is 0 Å². The van der Waals surface area contributed by atoms with Gasteiger partial charge in [-0.1, -0.05) is 6.07 Å². The van der Waals surface area contributed by atoms with E-state index in [1.54, 1.807) is 47.6 Å². The molecule has 3 heterocycles. The summed E-state index contributed by atoms with van der Waals surface area (Å²) in [4.78, 5) is 30.2. The van der Waals surface area contributed by atoms with E-state index in [1.165, 1.54) is 0 Å². The lowest BCUT2D eigenvalue weighted by molar-refractivity contribution is 0.0717. The van der Waals surface area contributed by atoms with Gasteiger partial charge in [0.05, 0.1) is 19.4 Å². The third kappa shape index (κ3) is 3.60. The molecule has 0 aliphatic carbocycles. The van der Waals surface area contributed by atoms with E-state index in [2.05, 4.69) is 4.98 Å². The van der Waals surface area contributed by atoms with Crippen molar-refractivity contribution < 1.29 is 9.21 Å². The average molecular weight is 328 g/mol. The fourth-order valence-electron chi connectivity index (χ4n) is 2.29. The van der Waals surface area contributed by atoms with Gasteiger partial charge in [0, 0.05) is 10.6 Å². The third-order valence-electron chi connectivity index (χ3n) is 3.43. The number of aromatic nitrogens is 1. The summed E-state index contributed by atoms with van der Waals surface area (Å²) < 4.78 is 5.34. The number of carbonyl (C=O) groups excluding carboxylic acids is 1. The largest absolute Gasteiger partial charge is 0.467 e. The van der Waals surface area contributed by atoms with E-state index >= 15 is 0 Å². The second kappa shape index (κ2) is 6.66. The van der Waals surface area contributed by atoms with Crippen molar-refractivity contribution in [3.8, 4) is 0 Å². The zero-order chi connectivity index (χ0) is 16.2. The monoisotopic (exact) mass is 328 g/mol. The molecule has 0 saturated heterocycles. The van der Waals surface area contributed by atoms with E-state index in [0.29, 0.717) is 18.8 Å². The Morgan fingerprint density at radius 3 is 2.74 bits per heavy atom. The molecular weight excluding hydrogens is 312 g/mol. The quantitative estimate of drug-likeness (QED) is 0.782. The van der Waals surface area contributed by atoms with Crippen molar-refractivity contribution in [1.82, 2.24) is 9.88 Å². The molecule has 23 heavy (non-hydrogen) atoms. The summed E-state index contributed by atoms with van der Waals surface area (Å²) in [5.41, 5.74) is 0.492. The number of hydrogen-bond donors (Lipinski definition) is 1. The van der Waals surface area contributed by atoms with Crippen molar-refractivity contribution in [3.63, 3.8) is 0 Å². The maximum Gasteiger partial charge on any atom is 0.260 e. The van der Waals surface area contributed by atoms with Crippen LogP contribution in [0.15, 0.2) is 57.3 Å². The fourth-order valence-corrected chi connectivity index (χ4v) is 3.01. The van der Waals surface area contributed by atoms with Crippen molar-refractivity contribution in [2.45, 2.75) is 20.0 Å². The number of amides is 1. The van der Waals surface area contributed by atoms with Crippen LogP contribution in [-0.4, -0.2) is 15.8 Å². The van der Waals surface area contributed by atoms with Gasteiger partial charge in [0.15, 0.2) is 0 Å². The van der Waals surface area contributed by atoms with Crippen LogP contribution in [0, 0.1) is 6.92 Å². The molecule has 6 heteroatoms. The van der Waals surface area contributed by atoms with Crippen molar-refractivity contribution in [3.05, 3.63) is 80.3 Å². The van der Waals surface area contributed by atoms with E-state index in [0.717, 1.165) is 10.6 Å². The first-order valence-electron chi connectivity index (χ1n) is 7.17. The number of aromatic amines is 1. The van der Waals surface area contributed by atoms with Crippen LogP contribution in [0.2, 0.25) is 0 Å². The van der Waals surface area contributed by atoms with Gasteiger partial charge in [-0.3, -0.25) is 9.59 Å². The van der Waals surface area contributed by atoms with E-state index in [9.17, 15) is 9.59 Å². The van der Waals surface area contributed by atoms with Gasteiger partial charge in [0.25, 0.3) is 11.5 Å². The lowest BCUT2D eigenvalue weighted by Crippen LogP contribution is -2.33. The summed E-state index contributed by atoms with van der Waals surface area (Å²) in [7, 11) is 0. The second-order valence-corrected chi connectivity index (χ2v) is 6.24. The predicted octanol–water partition coefficient (Wildman–Crippen LogP) is 3.18. The van der Waals surface area contributed by atoms with Crippen LogP contribution >= 0.6 is 11.3 Å². The molecule has 3 aromatic heterocycles. The lowest BCUT2D eigenvalue weighted by atomic mass is 10.2. The van der Waals surface area contributed by atoms with Gasteiger partial charge >= 0.3 is 0 Å². The third-order valence-corrected chi connectivity index (χ3v) is 4.29. The summed E-state index contributed by atoms with van der Waals surface area (Å²) in [6, 6.07) is 10.8. The number of rotatable bonds is 5. The van der Waals surface area contributed by atoms with Gasteiger partial charge < -0.3 is 14.3 Å². The van der Waals surface area contributed by atoms with Crippen LogP contribution in [0.5, 0.6) is 0 Å². The fraction of sp³-hybridized carbons (Fsp3) is 0.176. The summed E-state index contributed by atoms with van der Waals surface area (Å²) in [6.07, 6.45) is 1.57. The van der Waals surface area contributed by atoms with Crippen molar-refractivity contribution in [2.75, 3.05) is 0 Å². The van der Waals surface area contributed by atoms with E-state index in [4.69, 9.17) is 4.42 Å². The van der Waals surface area contributed by atoms with Crippen LogP contribution < -0.4 is 5.56 Å². The topological polar surface area (TPSA) is 66.3 Å². The number of thiophene rings is 1. The van der Waals surface area contributed by atoms with Gasteiger partial charge in [-0.05, 0) is 42.6 Å². The smallest absolute Gasteiger partial charge is 0.260 e. The van der Waals surface area contributed by atoms with Crippen molar-refractivity contribution >= 4 is 17.2 Å². The number of aryl methyl sites for hydroxylation is 1. The molecule has 3 rings (SSSR count). The molecule has 0 spiro atoms. The number of hydrogen-bond acceptors (Lipinski definition) is 4. The number of furan rings is 1. The van der Waals surface area contributed by atoms with Crippen LogP contribution in [0.4, 0.5) is 0 Å². The Morgan fingerprint density at radius 2 is 2.09 bits per heavy atom. The molecule has 0 bridgehead atoms. The molecular formula is C17H16N2O3S. The van der Waals surface area contributed by atoms with Gasteiger partial charge in [0.1, 0.15) is 11.3 Å². The normalized spacial score (nSPS) is 10.7. The predicted molar refractivity (Wildman–Crippen MR) is 88.4 cm³/mol. The molecule has 0 aliphatic rings. The Kier molecular flexibility index (Phi) is 4.43. The number of carbonyl (C=O) groups is 1. The molecule has 3 aromatic rings. The molecule has 0 atom stereocenters. The average Bonchev–Trinajstić information content (AvgIpc) is 3.19. The Balaban J connectivity index is 1.89. The highest BCUT2D eigenvalue weighted by atomic mass is 32.1. The zero-order valence-electron chi connectivity index (χ0n) is 12.6. The molecule has 1 N–H and O–H groups in total. The number of nitrogens with zero attached hydrogens (tertiary/aromatic N) is 1. The zero-order valence-corrected chi connectivity index (χ0v) is 13.4. The van der Waals surface area contributed by atoms with Crippen LogP contribution in [0.1, 0.15) is 26.7 Å². The number of nitrogens with one attached hydrogen (secondary N) is 1. The number of pyridine rings is 1. The lowest BCUT2D eigenvalue weighted by Gasteiger charge is -2.20. The summed E-state index contributed by atoms with van der Waals surface area (Å²) in [5.74, 6) is 0.370. The molecule has 118 valence electrons. The van der Waals surface area contributed by atoms with Crippen molar-refractivity contribution in [2.24, 2.45) is 0 Å². The van der Waals surface area contributed by atoms with Crippen LogP contribution in [-0.2, 0) is 13.1 Å². The molecule has 0 fully saturated rings. The molecule has 0 aliphatic heterocycles. The van der Waals surface area contributed by atoms with Gasteiger partial charge in [-0.2, -0.15) is 0 Å². The highest BCUT2D eigenvalue weighted by Crippen LogP contribution is 2.16. The summed E-state index contributed by atoms with van der Waals surface area (Å²) in [6.45, 7) is 2.53. The SMILES string of the molecule is Cc1ccc(C(=O)N(Cc2ccco2)Cc2cccs2)c(=O)[nH]1. The first-order valence-corrected chi connectivity index (χ1v) is 8.05. The standard InChI is InChI=1S/C17H16N2O3S/c1-12-6-7-15(16(20)18-12)17(21)19(10-13-4-2-8-22-13)11-14-5-3-9-23-14/h2-9H,10-11H2,1H3,(H,18,20). The summed E-state index contributed by atoms with van der Waals surface area (Å²) >= 11 is 1.57. The van der Waals surface area contributed by atoms with Gasteiger partial charge in [-0.15, -0.1) is 11.3 Å². The molecule has 0 radical (unpaired) electrons. The van der Waals surface area contributed by atoms with E-state index in [1.807, 2.05) is 23.6 Å². The Morgan fingerprint density at radius 1 is 1.22 bits per heavy atom. The highest BCUT2D eigenvalue weighted by molar-refractivity contribution is 7.09.